The summed E-state index contributed by atoms with van der Waals surface area (Å²) in [7, 11) is 0. The molecule has 0 bridgehead atoms. The van der Waals surface area contributed by atoms with Crippen molar-refractivity contribution in [3.05, 3.63) is 70.7 Å². The van der Waals surface area contributed by atoms with Crippen molar-refractivity contribution in [2.24, 2.45) is 0 Å². The molecule has 0 saturated heterocycles. The first-order chi connectivity index (χ1) is 9.69. The van der Waals surface area contributed by atoms with E-state index in [0.29, 0.717) is 0 Å². The van der Waals surface area contributed by atoms with Crippen LogP contribution in [0, 0.1) is 6.92 Å². The van der Waals surface area contributed by atoms with Crippen LogP contribution in [0.15, 0.2) is 54.6 Å². The summed E-state index contributed by atoms with van der Waals surface area (Å²) in [5, 5.41) is 4.19. The summed E-state index contributed by atoms with van der Waals surface area (Å²) in [5.41, 5.74) is 4.79. The van der Waals surface area contributed by atoms with Gasteiger partial charge in [0.15, 0.2) is 0 Å². The lowest BCUT2D eigenvalue weighted by atomic mass is 9.97. The second kappa shape index (κ2) is 5.59. The lowest BCUT2D eigenvalue weighted by molar-refractivity contribution is 1.45. The first-order valence-corrected chi connectivity index (χ1v) is 8.03. The van der Waals surface area contributed by atoms with Crippen molar-refractivity contribution in [3.8, 4) is 11.1 Å². The van der Waals surface area contributed by atoms with Crippen LogP contribution in [-0.4, -0.2) is 0 Å². The zero-order valence-corrected chi connectivity index (χ0v) is 13.5. The molecule has 0 radical (unpaired) electrons. The monoisotopic (exact) mass is 344 g/mol. The highest BCUT2D eigenvalue weighted by atomic mass is 79.9. The van der Waals surface area contributed by atoms with E-state index in [1.54, 1.807) is 0 Å². The molecule has 0 aliphatic rings. The van der Waals surface area contributed by atoms with E-state index in [1.807, 2.05) is 12.1 Å². The Morgan fingerprint density at radius 2 is 1.70 bits per heavy atom. The summed E-state index contributed by atoms with van der Waals surface area (Å²) in [5.74, 6) is 0. The van der Waals surface area contributed by atoms with E-state index in [0.717, 1.165) is 15.9 Å². The van der Waals surface area contributed by atoms with E-state index in [9.17, 15) is 0 Å². The van der Waals surface area contributed by atoms with Crippen molar-refractivity contribution < 1.29 is 0 Å². The molecule has 0 amide bonds. The third-order valence-corrected chi connectivity index (χ3v) is 4.53. The van der Waals surface area contributed by atoms with E-state index in [-0.39, 0.29) is 0 Å². The van der Waals surface area contributed by atoms with Gasteiger partial charge in [0.2, 0.25) is 0 Å². The zero-order valence-electron chi connectivity index (χ0n) is 11.2. The Hall–Kier alpha value is -1.31. The van der Waals surface area contributed by atoms with Gasteiger partial charge in [-0.05, 0) is 46.5 Å². The molecule has 20 heavy (non-hydrogen) atoms. The first-order valence-electron chi connectivity index (χ1n) is 6.53. The predicted molar refractivity (Wildman–Crippen MR) is 91.8 cm³/mol. The number of rotatable bonds is 2. The molecule has 0 heterocycles. The van der Waals surface area contributed by atoms with Crippen molar-refractivity contribution in [1.82, 2.24) is 0 Å². The Balaban J connectivity index is 2.18. The molecular formula is C18H14BrCl. The third kappa shape index (κ3) is 2.48. The van der Waals surface area contributed by atoms with Gasteiger partial charge in [-0.3, -0.25) is 0 Å². The highest BCUT2D eigenvalue weighted by molar-refractivity contribution is 9.08. The van der Waals surface area contributed by atoms with Crippen molar-refractivity contribution in [2.45, 2.75) is 12.3 Å². The second-order valence-corrected chi connectivity index (χ2v) is 5.93. The van der Waals surface area contributed by atoms with Gasteiger partial charge in [-0.25, -0.2) is 0 Å². The third-order valence-electron chi connectivity index (χ3n) is 3.57. The molecule has 0 aliphatic carbocycles. The largest absolute Gasteiger partial charge is 0.0876 e. The first kappa shape index (κ1) is 13.7. The van der Waals surface area contributed by atoms with E-state index < -0.39 is 0 Å². The van der Waals surface area contributed by atoms with Crippen LogP contribution in [-0.2, 0) is 5.33 Å². The Morgan fingerprint density at radius 3 is 2.45 bits per heavy atom. The molecule has 0 unspecified atom stereocenters. The van der Waals surface area contributed by atoms with Crippen LogP contribution in [0.3, 0.4) is 0 Å². The molecule has 0 N–H and O–H groups in total. The van der Waals surface area contributed by atoms with Crippen LogP contribution in [0.2, 0.25) is 5.02 Å². The molecule has 0 fully saturated rings. The SMILES string of the molecule is Cc1cccc(Cl)c1-c1ccc2cc(CBr)ccc2c1. The van der Waals surface area contributed by atoms with Crippen LogP contribution in [0.25, 0.3) is 21.9 Å². The quantitative estimate of drug-likeness (QED) is 0.474. The summed E-state index contributed by atoms with van der Waals surface area (Å²) >= 11 is 9.85. The predicted octanol–water partition coefficient (Wildman–Crippen LogP) is 6.36. The number of hydrogen-bond donors (Lipinski definition) is 0. The van der Waals surface area contributed by atoms with Gasteiger partial charge < -0.3 is 0 Å². The maximum absolute atomic E-state index is 6.36. The molecule has 0 saturated carbocycles. The Bertz CT molecular complexity index is 757. The maximum Gasteiger partial charge on any atom is 0.0487 e. The van der Waals surface area contributed by atoms with Gasteiger partial charge in [-0.2, -0.15) is 0 Å². The van der Waals surface area contributed by atoms with Crippen LogP contribution < -0.4 is 0 Å². The fourth-order valence-corrected chi connectivity index (χ4v) is 3.21. The van der Waals surface area contributed by atoms with E-state index in [1.165, 1.54) is 27.5 Å². The van der Waals surface area contributed by atoms with Gasteiger partial charge >= 0.3 is 0 Å². The van der Waals surface area contributed by atoms with Crippen molar-refractivity contribution in [1.29, 1.82) is 0 Å². The topological polar surface area (TPSA) is 0 Å². The van der Waals surface area contributed by atoms with Crippen LogP contribution in [0.4, 0.5) is 0 Å². The molecule has 3 aromatic rings. The zero-order chi connectivity index (χ0) is 14.1. The van der Waals surface area contributed by atoms with Crippen molar-refractivity contribution >= 4 is 38.3 Å². The number of benzene rings is 3. The number of aryl methyl sites for hydroxylation is 1. The summed E-state index contributed by atoms with van der Waals surface area (Å²) in [6.07, 6.45) is 0. The molecular weight excluding hydrogens is 332 g/mol. The standard InChI is InChI=1S/C18H14BrCl/c1-12-3-2-4-17(20)18(12)16-8-7-14-9-13(11-19)5-6-15(14)10-16/h2-10H,11H2,1H3. The van der Waals surface area contributed by atoms with E-state index in [2.05, 4.69) is 65.3 Å². The minimum atomic E-state index is 0.807. The van der Waals surface area contributed by atoms with Crippen molar-refractivity contribution in [2.75, 3.05) is 0 Å². The molecule has 0 aliphatic heterocycles. The van der Waals surface area contributed by atoms with Crippen LogP contribution in [0.5, 0.6) is 0 Å². The molecule has 0 spiro atoms. The molecule has 0 aromatic heterocycles. The molecule has 3 rings (SSSR count). The van der Waals surface area contributed by atoms with Gasteiger partial charge in [0.05, 0.1) is 0 Å². The molecule has 3 aromatic carbocycles. The molecule has 100 valence electrons. The smallest absolute Gasteiger partial charge is 0.0487 e. The summed E-state index contributed by atoms with van der Waals surface area (Å²) in [6.45, 7) is 2.10. The van der Waals surface area contributed by atoms with Crippen molar-refractivity contribution in [3.63, 3.8) is 0 Å². The fourth-order valence-electron chi connectivity index (χ4n) is 2.53. The minimum absolute atomic E-state index is 0.807. The van der Waals surface area contributed by atoms with Crippen LogP contribution in [0.1, 0.15) is 11.1 Å². The lowest BCUT2D eigenvalue weighted by Crippen LogP contribution is -1.86. The van der Waals surface area contributed by atoms with Gasteiger partial charge in [-0.15, -0.1) is 0 Å². The van der Waals surface area contributed by atoms with Gasteiger partial charge in [-0.1, -0.05) is 70.0 Å². The molecule has 2 heteroatoms. The number of hydrogen-bond acceptors (Lipinski definition) is 0. The maximum atomic E-state index is 6.36. The summed E-state index contributed by atoms with van der Waals surface area (Å²) < 4.78 is 0. The highest BCUT2D eigenvalue weighted by Gasteiger charge is 2.07. The minimum Gasteiger partial charge on any atom is -0.0876 e. The normalized spacial score (nSPS) is 10.9. The van der Waals surface area contributed by atoms with E-state index >= 15 is 0 Å². The number of alkyl halides is 1. The Morgan fingerprint density at radius 1 is 0.950 bits per heavy atom. The van der Waals surface area contributed by atoms with Gasteiger partial charge in [0.1, 0.15) is 0 Å². The van der Waals surface area contributed by atoms with Gasteiger partial charge in [0, 0.05) is 15.9 Å². The highest BCUT2D eigenvalue weighted by Crippen LogP contribution is 2.33. The lowest BCUT2D eigenvalue weighted by Gasteiger charge is -2.10. The second-order valence-electron chi connectivity index (χ2n) is 4.96. The fraction of sp³-hybridized carbons (Fsp3) is 0.111. The average molecular weight is 346 g/mol. The summed E-state index contributed by atoms with van der Waals surface area (Å²) in [6, 6.07) is 19.1. The van der Waals surface area contributed by atoms with Crippen LogP contribution >= 0.6 is 27.5 Å². The average Bonchev–Trinajstić information content (AvgIpc) is 2.46. The summed E-state index contributed by atoms with van der Waals surface area (Å²) in [4.78, 5) is 0. The molecule has 0 nitrogen and oxygen atoms in total. The molecule has 0 atom stereocenters. The van der Waals surface area contributed by atoms with E-state index in [4.69, 9.17) is 11.6 Å². The Labute approximate surface area is 132 Å². The van der Waals surface area contributed by atoms with Gasteiger partial charge in [0.25, 0.3) is 0 Å². The number of fused-ring (bicyclic) bond motifs is 1. The Kier molecular flexibility index (Phi) is 3.82. The number of halogens is 2.